The van der Waals surface area contributed by atoms with E-state index in [0.717, 1.165) is 13.2 Å². The lowest BCUT2D eigenvalue weighted by Crippen LogP contribution is -2.49. The van der Waals surface area contributed by atoms with Gasteiger partial charge in [-0.05, 0) is 24.5 Å². The highest BCUT2D eigenvalue weighted by Crippen LogP contribution is 2.39. The first-order valence-corrected chi connectivity index (χ1v) is 8.11. The topological polar surface area (TPSA) is 58.6 Å². The van der Waals surface area contributed by atoms with Gasteiger partial charge < -0.3 is 10.1 Å². The quantitative estimate of drug-likeness (QED) is 0.819. The van der Waals surface area contributed by atoms with E-state index in [9.17, 15) is 22.8 Å². The predicted molar refractivity (Wildman–Crippen MR) is 89.0 cm³/mol. The van der Waals surface area contributed by atoms with Crippen LogP contribution in [0.15, 0.2) is 35.5 Å². The molecule has 0 saturated heterocycles. The summed E-state index contributed by atoms with van der Waals surface area (Å²) >= 11 is 0. The van der Waals surface area contributed by atoms with E-state index < -0.39 is 29.8 Å². The molecule has 2 rings (SSSR count). The Morgan fingerprint density at radius 1 is 1.31 bits per heavy atom. The molecule has 0 saturated carbocycles. The number of alkyl halides is 3. The molecule has 1 heterocycles. The van der Waals surface area contributed by atoms with Gasteiger partial charge >= 0.3 is 18.2 Å². The molecule has 0 aromatic heterocycles. The lowest BCUT2D eigenvalue weighted by molar-refractivity contribution is -0.140. The van der Waals surface area contributed by atoms with E-state index in [-0.39, 0.29) is 22.8 Å². The molecule has 5 nitrogen and oxygen atoms in total. The number of rotatable bonds is 4. The number of methoxy groups -OCH3 is 1. The SMILES string of the molecule is COC(=O)C1=C(C)N(CC(C)C)C(=O)NC1c1ccccc1C(F)(F)F. The highest BCUT2D eigenvalue weighted by atomic mass is 19.4. The third kappa shape index (κ3) is 3.84. The molecule has 1 N–H and O–H groups in total. The van der Waals surface area contributed by atoms with Crippen LogP contribution in [0.3, 0.4) is 0 Å². The minimum atomic E-state index is -4.62. The summed E-state index contributed by atoms with van der Waals surface area (Å²) in [7, 11) is 1.15. The lowest BCUT2D eigenvalue weighted by atomic mass is 9.91. The summed E-state index contributed by atoms with van der Waals surface area (Å²) in [6, 6.07) is 3.08. The highest BCUT2D eigenvalue weighted by Gasteiger charge is 2.41. The normalized spacial score (nSPS) is 18.2. The summed E-state index contributed by atoms with van der Waals surface area (Å²) in [5.74, 6) is -0.674. The van der Waals surface area contributed by atoms with Gasteiger partial charge in [0.25, 0.3) is 0 Å². The van der Waals surface area contributed by atoms with Crippen LogP contribution in [0.4, 0.5) is 18.0 Å². The van der Waals surface area contributed by atoms with Gasteiger partial charge in [0.2, 0.25) is 0 Å². The summed E-state index contributed by atoms with van der Waals surface area (Å²) in [6.45, 7) is 5.65. The van der Waals surface area contributed by atoms with E-state index in [4.69, 9.17) is 4.74 Å². The Morgan fingerprint density at radius 3 is 2.46 bits per heavy atom. The van der Waals surface area contributed by atoms with E-state index in [1.807, 2.05) is 13.8 Å². The van der Waals surface area contributed by atoms with Gasteiger partial charge in [-0.25, -0.2) is 9.59 Å². The maximum atomic E-state index is 13.4. The number of allylic oxidation sites excluding steroid dienone is 1. The molecule has 1 aliphatic heterocycles. The summed E-state index contributed by atoms with van der Waals surface area (Å²) in [4.78, 5) is 26.2. The second kappa shape index (κ2) is 7.39. The molecule has 1 aromatic rings. The fourth-order valence-corrected chi connectivity index (χ4v) is 2.98. The van der Waals surface area contributed by atoms with Gasteiger partial charge in [0.1, 0.15) is 0 Å². The summed E-state index contributed by atoms with van der Waals surface area (Å²) in [5.41, 5.74) is -0.824. The van der Waals surface area contributed by atoms with Crippen LogP contribution < -0.4 is 5.32 Å². The molecule has 142 valence electrons. The van der Waals surface area contributed by atoms with Crippen LogP contribution in [0.1, 0.15) is 37.9 Å². The van der Waals surface area contributed by atoms with Crippen LogP contribution in [-0.2, 0) is 15.7 Å². The van der Waals surface area contributed by atoms with E-state index in [1.165, 1.54) is 30.0 Å². The Bertz CT molecular complexity index is 741. The average molecular weight is 370 g/mol. The van der Waals surface area contributed by atoms with Crippen LogP contribution >= 0.6 is 0 Å². The minimum absolute atomic E-state index is 0.00977. The van der Waals surface area contributed by atoms with Gasteiger partial charge in [-0.2, -0.15) is 13.2 Å². The summed E-state index contributed by atoms with van der Waals surface area (Å²) in [5, 5.41) is 2.52. The molecule has 26 heavy (non-hydrogen) atoms. The molecule has 0 fully saturated rings. The van der Waals surface area contributed by atoms with Crippen LogP contribution in [0, 0.1) is 5.92 Å². The predicted octanol–water partition coefficient (Wildman–Crippen LogP) is 3.87. The van der Waals surface area contributed by atoms with Crippen molar-refractivity contribution in [2.75, 3.05) is 13.7 Å². The van der Waals surface area contributed by atoms with Crippen LogP contribution in [-0.4, -0.2) is 30.6 Å². The Labute approximate surface area is 149 Å². The van der Waals surface area contributed by atoms with Crippen molar-refractivity contribution >= 4 is 12.0 Å². The molecule has 1 unspecified atom stereocenters. The number of amides is 2. The van der Waals surface area contributed by atoms with Crippen molar-refractivity contribution in [2.45, 2.75) is 33.0 Å². The Hall–Kier alpha value is -2.51. The second-order valence-electron chi connectivity index (χ2n) is 6.46. The zero-order valence-corrected chi connectivity index (χ0v) is 15.0. The van der Waals surface area contributed by atoms with Crippen molar-refractivity contribution < 1.29 is 27.5 Å². The largest absolute Gasteiger partial charge is 0.466 e. The molecule has 1 atom stereocenters. The first kappa shape index (κ1) is 19.8. The monoisotopic (exact) mass is 370 g/mol. The van der Waals surface area contributed by atoms with Crippen molar-refractivity contribution in [2.24, 2.45) is 5.92 Å². The van der Waals surface area contributed by atoms with Gasteiger partial charge in [-0.3, -0.25) is 4.90 Å². The van der Waals surface area contributed by atoms with E-state index in [2.05, 4.69) is 5.32 Å². The molecule has 8 heteroatoms. The maximum absolute atomic E-state index is 13.4. The van der Waals surface area contributed by atoms with E-state index in [0.29, 0.717) is 6.54 Å². The fourth-order valence-electron chi connectivity index (χ4n) is 2.98. The number of ether oxygens (including phenoxy) is 1. The number of carbonyl (C=O) groups excluding carboxylic acids is 2. The van der Waals surface area contributed by atoms with Crippen LogP contribution in [0.5, 0.6) is 0 Å². The third-order valence-electron chi connectivity index (χ3n) is 4.13. The number of hydrogen-bond donors (Lipinski definition) is 1. The fraction of sp³-hybridized carbons (Fsp3) is 0.444. The molecule has 0 spiro atoms. The number of carbonyl (C=O) groups is 2. The first-order valence-electron chi connectivity index (χ1n) is 8.11. The summed E-state index contributed by atoms with van der Waals surface area (Å²) in [6.07, 6.45) is -4.62. The van der Waals surface area contributed by atoms with Crippen molar-refractivity contribution in [3.8, 4) is 0 Å². The maximum Gasteiger partial charge on any atom is 0.416 e. The molecule has 0 radical (unpaired) electrons. The third-order valence-corrected chi connectivity index (χ3v) is 4.13. The van der Waals surface area contributed by atoms with Gasteiger partial charge in [0.15, 0.2) is 0 Å². The van der Waals surface area contributed by atoms with Crippen molar-refractivity contribution in [1.29, 1.82) is 0 Å². The molecule has 0 bridgehead atoms. The average Bonchev–Trinajstić information content (AvgIpc) is 2.56. The van der Waals surface area contributed by atoms with Crippen molar-refractivity contribution in [3.63, 3.8) is 0 Å². The van der Waals surface area contributed by atoms with Gasteiger partial charge in [0.05, 0.1) is 24.3 Å². The van der Waals surface area contributed by atoms with Gasteiger partial charge in [-0.1, -0.05) is 32.0 Å². The molecular formula is C18H21F3N2O3. The van der Waals surface area contributed by atoms with Gasteiger partial charge in [0, 0.05) is 12.2 Å². The lowest BCUT2D eigenvalue weighted by Gasteiger charge is -2.36. The van der Waals surface area contributed by atoms with E-state index in [1.54, 1.807) is 0 Å². The number of urea groups is 1. The zero-order valence-electron chi connectivity index (χ0n) is 15.0. The Morgan fingerprint density at radius 2 is 1.92 bits per heavy atom. The highest BCUT2D eigenvalue weighted by molar-refractivity contribution is 5.95. The molecular weight excluding hydrogens is 349 g/mol. The molecule has 0 aliphatic carbocycles. The number of nitrogens with zero attached hydrogens (tertiary/aromatic N) is 1. The van der Waals surface area contributed by atoms with Gasteiger partial charge in [-0.15, -0.1) is 0 Å². The first-order chi connectivity index (χ1) is 12.1. The number of hydrogen-bond acceptors (Lipinski definition) is 3. The van der Waals surface area contributed by atoms with Crippen LogP contribution in [0.2, 0.25) is 0 Å². The number of benzene rings is 1. The second-order valence-corrected chi connectivity index (χ2v) is 6.46. The summed E-state index contributed by atoms with van der Waals surface area (Å²) < 4.78 is 45.0. The number of nitrogens with one attached hydrogen (secondary N) is 1. The Balaban J connectivity index is 2.64. The van der Waals surface area contributed by atoms with Crippen LogP contribution in [0.25, 0.3) is 0 Å². The van der Waals surface area contributed by atoms with E-state index >= 15 is 0 Å². The molecule has 1 aromatic carbocycles. The smallest absolute Gasteiger partial charge is 0.416 e. The van der Waals surface area contributed by atoms with Crippen molar-refractivity contribution in [1.82, 2.24) is 10.2 Å². The molecule has 1 aliphatic rings. The Kier molecular flexibility index (Phi) is 5.63. The number of esters is 1. The van der Waals surface area contributed by atoms with Crippen molar-refractivity contribution in [3.05, 3.63) is 46.7 Å². The minimum Gasteiger partial charge on any atom is -0.466 e. The number of halogens is 3. The standard InChI is InChI=1S/C18H21F3N2O3/c1-10(2)9-23-11(3)14(16(24)26-4)15(22-17(23)25)12-7-5-6-8-13(12)18(19,20)21/h5-8,10,15H,9H2,1-4H3,(H,22,25). The zero-order chi connectivity index (χ0) is 19.6. The molecule has 2 amide bonds.